The van der Waals surface area contributed by atoms with Crippen LogP contribution in [0.5, 0.6) is 0 Å². The van der Waals surface area contributed by atoms with Crippen LogP contribution in [0.1, 0.15) is 22.7 Å². The number of rotatable bonds is 5. The van der Waals surface area contributed by atoms with Crippen molar-refractivity contribution in [2.75, 3.05) is 39.3 Å². The average molecular weight is 408 g/mol. The second-order valence-corrected chi connectivity index (χ2v) is 8.14. The first kappa shape index (κ1) is 20.3. The molecule has 2 aliphatic rings. The number of quaternary nitrogens is 2. The number of carbonyl (C=O) groups excluding carboxylic acids is 2. The number of aliphatic hydroxyl groups excluding tert-OH is 1. The fourth-order valence-electron chi connectivity index (χ4n) is 4.37. The van der Waals surface area contributed by atoms with Gasteiger partial charge in [0.1, 0.15) is 31.9 Å². The number of Topliss-reactive ketones (excluding diaryl/α,β-unsaturated/α-hetero) is 1. The Labute approximate surface area is 176 Å². The molecule has 30 heavy (non-hydrogen) atoms. The Morgan fingerprint density at radius 3 is 2.40 bits per heavy atom. The minimum Gasteiger partial charge on any atom is -0.507 e. The lowest BCUT2D eigenvalue weighted by Crippen LogP contribution is -3.20. The van der Waals surface area contributed by atoms with Crippen molar-refractivity contribution in [2.24, 2.45) is 0 Å². The Kier molecular flexibility index (Phi) is 5.97. The van der Waals surface area contributed by atoms with Crippen molar-refractivity contribution in [3.63, 3.8) is 0 Å². The predicted octanol–water partition coefficient (Wildman–Crippen LogP) is -0.121. The molecule has 2 fully saturated rings. The van der Waals surface area contributed by atoms with Crippen molar-refractivity contribution in [3.05, 3.63) is 76.9 Å². The molecule has 2 aromatic carbocycles. The zero-order valence-electron chi connectivity index (χ0n) is 17.3. The Morgan fingerprint density at radius 1 is 1.07 bits per heavy atom. The smallest absolute Gasteiger partial charge is 0.295 e. The second-order valence-electron chi connectivity index (χ2n) is 8.14. The van der Waals surface area contributed by atoms with Crippen LogP contribution in [-0.4, -0.2) is 61.0 Å². The summed E-state index contributed by atoms with van der Waals surface area (Å²) < 4.78 is 0. The van der Waals surface area contributed by atoms with E-state index in [0.717, 1.165) is 43.9 Å². The third-order valence-electron chi connectivity index (χ3n) is 6.09. The number of nitrogens with two attached hydrogens (primary N) is 1. The van der Waals surface area contributed by atoms with Gasteiger partial charge in [-0.15, -0.1) is 0 Å². The lowest BCUT2D eigenvalue weighted by Gasteiger charge is -2.28. The van der Waals surface area contributed by atoms with Gasteiger partial charge in [-0.25, -0.2) is 0 Å². The summed E-state index contributed by atoms with van der Waals surface area (Å²) in [6.45, 7) is 7.58. The Hall–Kier alpha value is -2.96. The molecule has 1 atom stereocenters. The van der Waals surface area contributed by atoms with E-state index in [1.54, 1.807) is 17.0 Å². The van der Waals surface area contributed by atoms with E-state index in [-0.39, 0.29) is 11.3 Å². The first-order chi connectivity index (χ1) is 14.6. The van der Waals surface area contributed by atoms with E-state index in [1.807, 2.05) is 49.4 Å². The maximum atomic E-state index is 13.0. The number of aliphatic hydroxyl groups is 1. The van der Waals surface area contributed by atoms with E-state index in [0.29, 0.717) is 12.1 Å². The number of aryl methyl sites for hydroxylation is 1. The van der Waals surface area contributed by atoms with Crippen LogP contribution in [0.4, 0.5) is 0 Å². The van der Waals surface area contributed by atoms with Gasteiger partial charge in [0.15, 0.2) is 0 Å². The normalized spacial score (nSPS) is 21.9. The van der Waals surface area contributed by atoms with E-state index in [1.165, 1.54) is 4.90 Å². The van der Waals surface area contributed by atoms with Crippen LogP contribution in [0, 0.1) is 6.92 Å². The third kappa shape index (κ3) is 4.01. The van der Waals surface area contributed by atoms with Gasteiger partial charge in [-0.1, -0.05) is 60.2 Å². The Bertz CT molecular complexity index is 947. The highest BCUT2D eigenvalue weighted by molar-refractivity contribution is 6.46. The molecule has 2 saturated heterocycles. The molecule has 2 aliphatic heterocycles. The first-order valence-electron chi connectivity index (χ1n) is 10.6. The van der Waals surface area contributed by atoms with Gasteiger partial charge in [0.25, 0.3) is 11.7 Å². The van der Waals surface area contributed by atoms with Gasteiger partial charge in [-0.05, 0) is 12.5 Å². The fraction of sp³-hybridized carbons (Fsp3) is 0.333. The number of nitrogens with zero attached hydrogens (tertiary/aromatic N) is 1. The molecule has 0 aromatic heterocycles. The molecule has 6 nitrogen and oxygen atoms in total. The van der Waals surface area contributed by atoms with Crippen molar-refractivity contribution < 1.29 is 24.9 Å². The standard InChI is InChI=1S/C24H27N3O3/c1-17-7-9-18(10-8-17)21-20(22(28)19-5-3-2-4-6-19)23(29)24(30)27(21)16-15-26-13-11-25-12-14-26/h2-10,21,25,28H,11-16H2,1H3/p+2/t21-/m1/s1. The quantitative estimate of drug-likeness (QED) is 0.367. The van der Waals surface area contributed by atoms with E-state index in [2.05, 4.69) is 5.32 Å². The number of carbonyl (C=O) groups is 2. The number of ketones is 1. The summed E-state index contributed by atoms with van der Waals surface area (Å²) in [6.07, 6.45) is 0. The number of hydrogen-bond acceptors (Lipinski definition) is 3. The van der Waals surface area contributed by atoms with E-state index in [9.17, 15) is 14.7 Å². The second kappa shape index (κ2) is 8.81. The van der Waals surface area contributed by atoms with Gasteiger partial charge in [0.2, 0.25) is 0 Å². The number of likely N-dealkylation sites (tertiary alicyclic amines) is 1. The van der Waals surface area contributed by atoms with Gasteiger partial charge in [-0.2, -0.15) is 0 Å². The number of benzene rings is 2. The van der Waals surface area contributed by atoms with Crippen molar-refractivity contribution in [1.82, 2.24) is 4.90 Å². The maximum Gasteiger partial charge on any atom is 0.295 e. The van der Waals surface area contributed by atoms with Crippen LogP contribution in [0.15, 0.2) is 60.2 Å². The summed E-state index contributed by atoms with van der Waals surface area (Å²) >= 11 is 0. The number of hydrogen-bond donors (Lipinski definition) is 3. The molecule has 0 unspecified atom stereocenters. The summed E-state index contributed by atoms with van der Waals surface area (Å²) in [5.74, 6) is -1.24. The lowest BCUT2D eigenvalue weighted by molar-refractivity contribution is -0.946. The number of amides is 1. The van der Waals surface area contributed by atoms with Gasteiger partial charge >= 0.3 is 0 Å². The SMILES string of the molecule is Cc1ccc([C@@H]2C(=C(O)c3ccccc3)C(=O)C(=O)N2CC[NH+]2CC[NH2+]CC2)cc1. The highest BCUT2D eigenvalue weighted by Crippen LogP contribution is 2.39. The van der Waals surface area contributed by atoms with Crippen LogP contribution >= 0.6 is 0 Å². The van der Waals surface area contributed by atoms with Gasteiger partial charge < -0.3 is 20.2 Å². The van der Waals surface area contributed by atoms with Crippen molar-refractivity contribution >= 4 is 17.4 Å². The average Bonchev–Trinajstić information content (AvgIpc) is 3.04. The molecule has 2 heterocycles. The highest BCUT2D eigenvalue weighted by atomic mass is 16.3. The summed E-state index contributed by atoms with van der Waals surface area (Å²) in [4.78, 5) is 29.1. The molecule has 0 radical (unpaired) electrons. The zero-order chi connectivity index (χ0) is 21.1. The molecular weight excluding hydrogens is 378 g/mol. The minimum atomic E-state index is -0.607. The van der Waals surface area contributed by atoms with E-state index < -0.39 is 17.7 Å². The van der Waals surface area contributed by atoms with Gasteiger partial charge in [0, 0.05) is 5.56 Å². The van der Waals surface area contributed by atoms with Crippen LogP contribution in [0.2, 0.25) is 0 Å². The monoisotopic (exact) mass is 407 g/mol. The topological polar surface area (TPSA) is 78.7 Å². The van der Waals surface area contributed by atoms with Crippen molar-refractivity contribution in [2.45, 2.75) is 13.0 Å². The maximum absolute atomic E-state index is 13.0. The largest absolute Gasteiger partial charge is 0.507 e. The summed E-state index contributed by atoms with van der Waals surface area (Å²) in [5.41, 5.74) is 2.67. The Morgan fingerprint density at radius 2 is 1.73 bits per heavy atom. The predicted molar refractivity (Wildman–Crippen MR) is 114 cm³/mol. The lowest BCUT2D eigenvalue weighted by atomic mass is 9.95. The van der Waals surface area contributed by atoms with Crippen LogP contribution in [0.25, 0.3) is 5.76 Å². The zero-order valence-corrected chi connectivity index (χ0v) is 17.3. The van der Waals surface area contributed by atoms with Crippen LogP contribution in [0.3, 0.4) is 0 Å². The molecule has 0 saturated carbocycles. The van der Waals surface area contributed by atoms with E-state index >= 15 is 0 Å². The molecule has 0 bridgehead atoms. The minimum absolute atomic E-state index is 0.109. The van der Waals surface area contributed by atoms with Gasteiger partial charge in [-0.3, -0.25) is 9.59 Å². The van der Waals surface area contributed by atoms with E-state index in [4.69, 9.17) is 0 Å². The summed E-state index contributed by atoms with van der Waals surface area (Å²) in [5, 5.41) is 13.3. The molecule has 6 heteroatoms. The molecule has 4 rings (SSSR count). The summed E-state index contributed by atoms with van der Waals surface area (Å²) in [6, 6.07) is 16.2. The molecule has 4 N–H and O–H groups in total. The first-order valence-corrected chi connectivity index (χ1v) is 10.6. The van der Waals surface area contributed by atoms with Gasteiger partial charge in [0.05, 0.1) is 24.7 Å². The molecule has 0 spiro atoms. The molecule has 1 amide bonds. The van der Waals surface area contributed by atoms with Crippen LogP contribution in [-0.2, 0) is 9.59 Å². The Balaban J connectivity index is 1.72. The van der Waals surface area contributed by atoms with Crippen molar-refractivity contribution in [3.8, 4) is 0 Å². The fourth-order valence-corrected chi connectivity index (χ4v) is 4.37. The van der Waals surface area contributed by atoms with Crippen molar-refractivity contribution in [1.29, 1.82) is 0 Å². The molecule has 2 aromatic rings. The third-order valence-corrected chi connectivity index (χ3v) is 6.09. The summed E-state index contributed by atoms with van der Waals surface area (Å²) in [7, 11) is 0. The molecular formula is C24H29N3O3+2. The number of nitrogens with one attached hydrogen (secondary N) is 1. The van der Waals surface area contributed by atoms with Crippen LogP contribution < -0.4 is 10.2 Å². The number of piperazine rings is 1. The molecule has 0 aliphatic carbocycles. The molecule has 156 valence electrons. The highest BCUT2D eigenvalue weighted by Gasteiger charge is 2.46.